The van der Waals surface area contributed by atoms with Crippen LogP contribution in [0.15, 0.2) is 18.2 Å². The minimum absolute atomic E-state index is 0.124. The lowest BCUT2D eigenvalue weighted by Crippen LogP contribution is -2.40. The van der Waals surface area contributed by atoms with Crippen molar-refractivity contribution in [3.8, 4) is 0 Å². The van der Waals surface area contributed by atoms with E-state index in [1.807, 2.05) is 11.9 Å². The molecule has 5 nitrogen and oxygen atoms in total. The monoisotopic (exact) mass is 297 g/mol. The number of aliphatic hydroxyl groups is 1. The Balaban J connectivity index is 1.81. The number of nitrogens with zero attached hydrogens (tertiary/aromatic N) is 1. The third-order valence-corrected chi connectivity index (χ3v) is 3.72. The molecule has 2 rings (SSSR count). The molecule has 1 aliphatic carbocycles. The van der Waals surface area contributed by atoms with Crippen molar-refractivity contribution >= 4 is 28.9 Å². The number of rotatable bonds is 5. The number of halogens is 1. The zero-order valence-corrected chi connectivity index (χ0v) is 12.2. The molecule has 1 aromatic rings. The van der Waals surface area contributed by atoms with Crippen molar-refractivity contribution in [3.05, 3.63) is 23.2 Å². The number of amides is 1. The van der Waals surface area contributed by atoms with Crippen LogP contribution in [0.25, 0.3) is 0 Å². The molecule has 0 bridgehead atoms. The molecule has 1 aromatic carbocycles. The second-order valence-corrected chi connectivity index (χ2v) is 5.90. The summed E-state index contributed by atoms with van der Waals surface area (Å²) in [6.45, 7) is 1.11. The van der Waals surface area contributed by atoms with Crippen molar-refractivity contribution in [3.63, 3.8) is 0 Å². The number of aliphatic hydroxyl groups excluding tert-OH is 1. The van der Waals surface area contributed by atoms with Crippen LogP contribution in [0.3, 0.4) is 0 Å². The smallest absolute Gasteiger partial charge is 0.238 e. The molecule has 0 spiro atoms. The van der Waals surface area contributed by atoms with E-state index in [0.29, 0.717) is 28.9 Å². The fraction of sp³-hybridized carbons (Fsp3) is 0.500. The predicted octanol–water partition coefficient (Wildman–Crippen LogP) is 1.56. The van der Waals surface area contributed by atoms with Crippen molar-refractivity contribution in [2.24, 2.45) is 5.92 Å². The fourth-order valence-corrected chi connectivity index (χ4v) is 2.60. The van der Waals surface area contributed by atoms with E-state index in [9.17, 15) is 9.90 Å². The maximum absolute atomic E-state index is 11.9. The van der Waals surface area contributed by atoms with Gasteiger partial charge in [0.05, 0.1) is 24.0 Å². The minimum Gasteiger partial charge on any atom is -0.397 e. The summed E-state index contributed by atoms with van der Waals surface area (Å²) in [7, 11) is 1.89. The number of anilines is 2. The number of carbonyl (C=O) groups is 1. The lowest BCUT2D eigenvalue weighted by molar-refractivity contribution is -0.117. The molecule has 0 heterocycles. The lowest BCUT2D eigenvalue weighted by atomic mass is 9.82. The van der Waals surface area contributed by atoms with Gasteiger partial charge in [0.15, 0.2) is 0 Å². The third-order valence-electron chi connectivity index (χ3n) is 3.48. The molecule has 4 N–H and O–H groups in total. The normalized spacial score (nSPS) is 21.6. The summed E-state index contributed by atoms with van der Waals surface area (Å²) >= 11 is 5.87. The summed E-state index contributed by atoms with van der Waals surface area (Å²) in [6.07, 6.45) is 1.49. The molecule has 0 unspecified atom stereocenters. The Morgan fingerprint density at radius 2 is 2.25 bits per heavy atom. The van der Waals surface area contributed by atoms with Crippen LogP contribution in [0, 0.1) is 5.92 Å². The number of nitrogens with two attached hydrogens (primary N) is 1. The molecule has 0 saturated heterocycles. The minimum atomic E-state index is -0.159. The topological polar surface area (TPSA) is 78.6 Å². The van der Waals surface area contributed by atoms with Crippen LogP contribution in [-0.2, 0) is 4.79 Å². The van der Waals surface area contributed by atoms with Gasteiger partial charge in [-0.1, -0.05) is 11.6 Å². The summed E-state index contributed by atoms with van der Waals surface area (Å²) in [4.78, 5) is 13.9. The molecule has 1 saturated carbocycles. The SMILES string of the molecule is CN(CC(=O)Nc1cc(Cl)ccc1N)CC1CC(O)C1. The number of carbonyl (C=O) groups excluding carboxylic acids is 1. The Morgan fingerprint density at radius 3 is 2.90 bits per heavy atom. The molecular weight excluding hydrogens is 278 g/mol. The van der Waals surface area contributed by atoms with Crippen LogP contribution in [0.5, 0.6) is 0 Å². The van der Waals surface area contributed by atoms with E-state index >= 15 is 0 Å². The van der Waals surface area contributed by atoms with Gasteiger partial charge in [-0.3, -0.25) is 9.69 Å². The van der Waals surface area contributed by atoms with E-state index in [2.05, 4.69) is 5.32 Å². The summed E-state index contributed by atoms with van der Waals surface area (Å²) < 4.78 is 0. The lowest BCUT2D eigenvalue weighted by Gasteiger charge is -2.34. The third kappa shape index (κ3) is 4.10. The Hall–Kier alpha value is -1.30. The van der Waals surface area contributed by atoms with Crippen LogP contribution in [-0.4, -0.2) is 42.2 Å². The number of benzene rings is 1. The van der Waals surface area contributed by atoms with Gasteiger partial charge in [0.2, 0.25) is 5.91 Å². The van der Waals surface area contributed by atoms with Crippen LogP contribution >= 0.6 is 11.6 Å². The molecule has 0 radical (unpaired) electrons. The van der Waals surface area contributed by atoms with Crippen LogP contribution in [0.1, 0.15) is 12.8 Å². The Kier molecular flexibility index (Phi) is 4.86. The summed E-state index contributed by atoms with van der Waals surface area (Å²) in [5.41, 5.74) is 6.81. The van der Waals surface area contributed by atoms with E-state index in [1.54, 1.807) is 18.2 Å². The first-order valence-corrected chi connectivity index (χ1v) is 7.03. The van der Waals surface area contributed by atoms with Crippen molar-refractivity contribution < 1.29 is 9.90 Å². The molecule has 6 heteroatoms. The van der Waals surface area contributed by atoms with Crippen molar-refractivity contribution in [2.75, 3.05) is 31.2 Å². The van der Waals surface area contributed by atoms with Gasteiger partial charge in [-0.05, 0) is 44.0 Å². The van der Waals surface area contributed by atoms with Crippen LogP contribution in [0.2, 0.25) is 5.02 Å². The van der Waals surface area contributed by atoms with Crippen molar-refractivity contribution in [1.29, 1.82) is 0 Å². The first-order chi connectivity index (χ1) is 9.44. The standard InChI is InChI=1S/C14H20ClN3O2/c1-18(7-9-4-11(19)5-9)8-14(20)17-13-6-10(15)2-3-12(13)16/h2-3,6,9,11,19H,4-5,7-8,16H2,1H3,(H,17,20). The number of likely N-dealkylation sites (N-methyl/N-ethyl adjacent to an activating group) is 1. The van der Waals surface area contributed by atoms with Crippen molar-refractivity contribution in [2.45, 2.75) is 18.9 Å². The number of hydrogen-bond acceptors (Lipinski definition) is 4. The van der Waals surface area contributed by atoms with Gasteiger partial charge in [-0.15, -0.1) is 0 Å². The summed E-state index contributed by atoms with van der Waals surface area (Å²) in [5, 5.41) is 12.5. The highest BCUT2D eigenvalue weighted by Gasteiger charge is 2.28. The zero-order chi connectivity index (χ0) is 14.7. The number of nitrogen functional groups attached to an aromatic ring is 1. The highest BCUT2D eigenvalue weighted by molar-refractivity contribution is 6.31. The van der Waals surface area contributed by atoms with E-state index in [1.165, 1.54) is 0 Å². The second-order valence-electron chi connectivity index (χ2n) is 5.47. The first kappa shape index (κ1) is 15.1. The first-order valence-electron chi connectivity index (χ1n) is 6.65. The molecular formula is C14H20ClN3O2. The highest BCUT2D eigenvalue weighted by Crippen LogP contribution is 2.27. The average Bonchev–Trinajstić information content (AvgIpc) is 2.31. The molecule has 110 valence electrons. The summed E-state index contributed by atoms with van der Waals surface area (Å²) in [6, 6.07) is 4.98. The molecule has 1 amide bonds. The maximum Gasteiger partial charge on any atom is 0.238 e. The quantitative estimate of drug-likeness (QED) is 0.721. The second kappa shape index (κ2) is 6.43. The fourth-order valence-electron chi connectivity index (χ4n) is 2.43. The van der Waals surface area contributed by atoms with Crippen molar-refractivity contribution in [1.82, 2.24) is 4.90 Å². The molecule has 20 heavy (non-hydrogen) atoms. The predicted molar refractivity (Wildman–Crippen MR) is 80.7 cm³/mol. The molecule has 1 fully saturated rings. The average molecular weight is 298 g/mol. The van der Waals surface area contributed by atoms with E-state index in [0.717, 1.165) is 19.4 Å². The largest absolute Gasteiger partial charge is 0.397 e. The molecule has 0 atom stereocenters. The van der Waals surface area contributed by atoms with Gasteiger partial charge >= 0.3 is 0 Å². The van der Waals surface area contributed by atoms with E-state index in [-0.39, 0.29) is 12.0 Å². The Morgan fingerprint density at radius 1 is 1.55 bits per heavy atom. The Bertz CT molecular complexity index is 489. The highest BCUT2D eigenvalue weighted by atomic mass is 35.5. The van der Waals surface area contributed by atoms with E-state index < -0.39 is 0 Å². The molecule has 1 aliphatic rings. The van der Waals surface area contributed by atoms with Crippen LogP contribution < -0.4 is 11.1 Å². The molecule has 0 aliphatic heterocycles. The van der Waals surface area contributed by atoms with Gasteiger partial charge in [0, 0.05) is 11.6 Å². The molecule has 0 aromatic heterocycles. The van der Waals surface area contributed by atoms with Gasteiger partial charge in [0.1, 0.15) is 0 Å². The number of hydrogen-bond donors (Lipinski definition) is 3. The van der Waals surface area contributed by atoms with Gasteiger partial charge in [0.25, 0.3) is 0 Å². The van der Waals surface area contributed by atoms with Gasteiger partial charge in [-0.25, -0.2) is 0 Å². The summed E-state index contributed by atoms with van der Waals surface area (Å²) in [5.74, 6) is 0.361. The van der Waals surface area contributed by atoms with Gasteiger partial charge < -0.3 is 16.2 Å². The van der Waals surface area contributed by atoms with Crippen LogP contribution in [0.4, 0.5) is 11.4 Å². The zero-order valence-electron chi connectivity index (χ0n) is 11.5. The maximum atomic E-state index is 11.9. The van der Waals surface area contributed by atoms with Gasteiger partial charge in [-0.2, -0.15) is 0 Å². The Labute approximate surface area is 123 Å². The number of nitrogens with one attached hydrogen (secondary N) is 1. The van der Waals surface area contributed by atoms with E-state index in [4.69, 9.17) is 17.3 Å².